The van der Waals surface area contributed by atoms with Gasteiger partial charge in [-0.1, -0.05) is 42.5 Å². The summed E-state index contributed by atoms with van der Waals surface area (Å²) in [7, 11) is 0. The number of nitrogens with two attached hydrogens (primary N) is 1. The molecule has 0 aliphatic heterocycles. The van der Waals surface area contributed by atoms with E-state index in [0.717, 1.165) is 35.3 Å². The van der Waals surface area contributed by atoms with Gasteiger partial charge in [-0.05, 0) is 30.5 Å². The molecule has 108 valence electrons. The summed E-state index contributed by atoms with van der Waals surface area (Å²) in [5.74, 6) is -0.467. The van der Waals surface area contributed by atoms with Crippen molar-refractivity contribution >= 4 is 5.91 Å². The molecule has 1 heterocycles. The molecule has 1 amide bonds. The van der Waals surface area contributed by atoms with Gasteiger partial charge in [0.1, 0.15) is 0 Å². The Bertz CT molecular complexity index is 865. The zero-order valence-electron chi connectivity index (χ0n) is 12.0. The average molecular weight is 289 g/mol. The van der Waals surface area contributed by atoms with Crippen molar-refractivity contribution in [1.82, 2.24) is 9.78 Å². The maximum Gasteiger partial charge on any atom is 0.269 e. The van der Waals surface area contributed by atoms with Crippen LogP contribution in [-0.4, -0.2) is 15.7 Å². The molecule has 0 fully saturated rings. The van der Waals surface area contributed by atoms with Gasteiger partial charge in [-0.25, -0.2) is 4.68 Å². The van der Waals surface area contributed by atoms with Gasteiger partial charge in [0, 0.05) is 11.1 Å². The minimum atomic E-state index is -0.467. The van der Waals surface area contributed by atoms with E-state index in [1.807, 2.05) is 47.1 Å². The number of amides is 1. The number of nitrogens with zero attached hydrogens (tertiary/aromatic N) is 2. The number of aromatic nitrogens is 2. The smallest absolute Gasteiger partial charge is 0.269 e. The molecule has 0 radical (unpaired) electrons. The lowest BCUT2D eigenvalue weighted by atomic mass is 9.89. The van der Waals surface area contributed by atoms with E-state index in [1.54, 1.807) is 0 Å². The van der Waals surface area contributed by atoms with Crippen molar-refractivity contribution in [2.45, 2.75) is 12.8 Å². The first-order valence-electron chi connectivity index (χ1n) is 7.31. The molecule has 1 aliphatic carbocycles. The second kappa shape index (κ2) is 4.84. The molecule has 0 unspecified atom stereocenters. The summed E-state index contributed by atoms with van der Waals surface area (Å²) in [5, 5.41) is 4.50. The van der Waals surface area contributed by atoms with E-state index in [9.17, 15) is 4.79 Å². The third kappa shape index (κ3) is 1.84. The van der Waals surface area contributed by atoms with E-state index < -0.39 is 5.91 Å². The van der Waals surface area contributed by atoms with Gasteiger partial charge < -0.3 is 5.73 Å². The number of hydrogen-bond acceptors (Lipinski definition) is 2. The first-order chi connectivity index (χ1) is 10.8. The van der Waals surface area contributed by atoms with Gasteiger partial charge in [0.05, 0.1) is 11.4 Å². The Morgan fingerprint density at radius 1 is 1.00 bits per heavy atom. The van der Waals surface area contributed by atoms with Crippen LogP contribution in [0.1, 0.15) is 21.6 Å². The van der Waals surface area contributed by atoms with Crippen LogP contribution in [0.2, 0.25) is 0 Å². The molecule has 4 nitrogen and oxygen atoms in total. The van der Waals surface area contributed by atoms with Crippen LogP contribution in [0.4, 0.5) is 0 Å². The van der Waals surface area contributed by atoms with Crippen molar-refractivity contribution in [2.24, 2.45) is 5.73 Å². The molecule has 0 saturated heterocycles. The van der Waals surface area contributed by atoms with Crippen molar-refractivity contribution in [3.8, 4) is 16.9 Å². The van der Waals surface area contributed by atoms with Crippen molar-refractivity contribution in [3.05, 3.63) is 71.4 Å². The van der Waals surface area contributed by atoms with Crippen LogP contribution < -0.4 is 5.73 Å². The van der Waals surface area contributed by atoms with E-state index in [-0.39, 0.29) is 0 Å². The SMILES string of the molecule is NC(=O)c1nn(-c2ccccc2)c2c1CCc1ccccc1-2. The molecule has 4 heteroatoms. The normalized spacial score (nSPS) is 12.5. The Morgan fingerprint density at radius 2 is 1.73 bits per heavy atom. The van der Waals surface area contributed by atoms with Gasteiger partial charge in [0.25, 0.3) is 5.91 Å². The third-order valence-corrected chi connectivity index (χ3v) is 4.13. The van der Waals surface area contributed by atoms with Gasteiger partial charge in [-0.15, -0.1) is 0 Å². The Balaban J connectivity index is 2.04. The maximum atomic E-state index is 11.8. The number of para-hydroxylation sites is 1. The number of benzene rings is 2. The summed E-state index contributed by atoms with van der Waals surface area (Å²) in [5.41, 5.74) is 11.2. The third-order valence-electron chi connectivity index (χ3n) is 4.13. The van der Waals surface area contributed by atoms with Gasteiger partial charge in [0.2, 0.25) is 0 Å². The molecule has 0 spiro atoms. The zero-order valence-corrected chi connectivity index (χ0v) is 12.0. The van der Waals surface area contributed by atoms with Crippen LogP contribution in [0.3, 0.4) is 0 Å². The van der Waals surface area contributed by atoms with Crippen LogP contribution in [0.5, 0.6) is 0 Å². The summed E-state index contributed by atoms with van der Waals surface area (Å²) in [6, 6.07) is 18.1. The highest BCUT2D eigenvalue weighted by molar-refractivity contribution is 5.95. The molecular weight excluding hydrogens is 274 g/mol. The van der Waals surface area contributed by atoms with Gasteiger partial charge >= 0.3 is 0 Å². The van der Waals surface area contributed by atoms with Crippen molar-refractivity contribution in [1.29, 1.82) is 0 Å². The second-order valence-corrected chi connectivity index (χ2v) is 5.44. The molecule has 2 N–H and O–H groups in total. The van der Waals surface area contributed by atoms with Gasteiger partial charge in [-0.2, -0.15) is 5.10 Å². The highest BCUT2D eigenvalue weighted by atomic mass is 16.1. The fourth-order valence-corrected chi connectivity index (χ4v) is 3.15. The molecule has 1 aliphatic rings. The molecule has 22 heavy (non-hydrogen) atoms. The zero-order chi connectivity index (χ0) is 15.1. The monoisotopic (exact) mass is 289 g/mol. The second-order valence-electron chi connectivity index (χ2n) is 5.44. The Hall–Kier alpha value is -2.88. The molecule has 4 rings (SSSR count). The molecule has 1 aromatic heterocycles. The lowest BCUT2D eigenvalue weighted by molar-refractivity contribution is 0.0994. The van der Waals surface area contributed by atoms with Crippen molar-refractivity contribution < 1.29 is 4.79 Å². The lowest BCUT2D eigenvalue weighted by Gasteiger charge is -2.18. The van der Waals surface area contributed by atoms with Crippen LogP contribution in [0, 0.1) is 0 Å². The van der Waals surface area contributed by atoms with Crippen LogP contribution in [0.25, 0.3) is 16.9 Å². The molecule has 0 atom stereocenters. The van der Waals surface area contributed by atoms with E-state index >= 15 is 0 Å². The quantitative estimate of drug-likeness (QED) is 0.788. The number of carbonyl (C=O) groups is 1. The number of aryl methyl sites for hydroxylation is 1. The highest BCUT2D eigenvalue weighted by Gasteiger charge is 2.27. The summed E-state index contributed by atoms with van der Waals surface area (Å²) in [6.45, 7) is 0. The van der Waals surface area contributed by atoms with E-state index in [0.29, 0.717) is 5.69 Å². The Kier molecular flexibility index (Phi) is 2.82. The summed E-state index contributed by atoms with van der Waals surface area (Å²) in [4.78, 5) is 11.8. The summed E-state index contributed by atoms with van der Waals surface area (Å²) in [6.07, 6.45) is 1.70. The lowest BCUT2D eigenvalue weighted by Crippen LogP contribution is -2.15. The predicted octanol–water partition coefficient (Wildman–Crippen LogP) is 2.74. The molecule has 0 saturated carbocycles. The van der Waals surface area contributed by atoms with Gasteiger partial charge in [-0.3, -0.25) is 4.79 Å². The number of hydrogen-bond donors (Lipinski definition) is 1. The first-order valence-corrected chi connectivity index (χ1v) is 7.31. The van der Waals surface area contributed by atoms with Crippen molar-refractivity contribution in [2.75, 3.05) is 0 Å². The maximum absolute atomic E-state index is 11.8. The summed E-state index contributed by atoms with van der Waals surface area (Å²) < 4.78 is 1.84. The van der Waals surface area contributed by atoms with Crippen LogP contribution in [-0.2, 0) is 12.8 Å². The molecule has 2 aromatic carbocycles. The first kappa shape index (κ1) is 12.8. The van der Waals surface area contributed by atoms with Crippen molar-refractivity contribution in [3.63, 3.8) is 0 Å². The minimum absolute atomic E-state index is 0.383. The van der Waals surface area contributed by atoms with E-state index in [2.05, 4.69) is 17.2 Å². The number of carbonyl (C=O) groups excluding carboxylic acids is 1. The number of primary amides is 1. The molecule has 0 bridgehead atoms. The Morgan fingerprint density at radius 3 is 2.50 bits per heavy atom. The number of fused-ring (bicyclic) bond motifs is 3. The van der Waals surface area contributed by atoms with Gasteiger partial charge in [0.15, 0.2) is 5.69 Å². The summed E-state index contributed by atoms with van der Waals surface area (Å²) >= 11 is 0. The average Bonchev–Trinajstić information content (AvgIpc) is 2.96. The topological polar surface area (TPSA) is 60.9 Å². The predicted molar refractivity (Wildman–Crippen MR) is 84.9 cm³/mol. The minimum Gasteiger partial charge on any atom is -0.364 e. The van der Waals surface area contributed by atoms with E-state index in [1.165, 1.54) is 5.56 Å². The Labute approximate surface area is 128 Å². The largest absolute Gasteiger partial charge is 0.364 e. The van der Waals surface area contributed by atoms with E-state index in [4.69, 9.17) is 5.73 Å². The molecular formula is C18H15N3O. The van der Waals surface area contributed by atoms with Crippen LogP contribution >= 0.6 is 0 Å². The molecule has 3 aromatic rings. The number of rotatable bonds is 2. The fraction of sp³-hybridized carbons (Fsp3) is 0.111. The standard InChI is InChI=1S/C18H15N3O/c19-18(22)16-15-11-10-12-6-4-5-9-14(12)17(15)21(20-16)13-7-2-1-3-8-13/h1-9H,10-11H2,(H2,19,22). The highest BCUT2D eigenvalue weighted by Crippen LogP contribution is 2.36. The fourth-order valence-electron chi connectivity index (χ4n) is 3.15. The van der Waals surface area contributed by atoms with Crippen LogP contribution in [0.15, 0.2) is 54.6 Å².